The molecule has 5 nitrogen and oxygen atoms in total. The van der Waals surface area contributed by atoms with E-state index in [9.17, 15) is 22.8 Å². The molecule has 0 saturated carbocycles. The molecular formula is C23H21F3N2O3. The molecule has 2 aromatic rings. The number of nitrogens with one attached hydrogen (secondary N) is 2. The number of anilines is 2. The first-order chi connectivity index (χ1) is 14.5. The Hall–Kier alpha value is -3.29. The van der Waals surface area contributed by atoms with Gasteiger partial charge in [-0.3, -0.25) is 9.59 Å². The second kappa shape index (κ2) is 7.44. The van der Waals surface area contributed by atoms with E-state index in [1.807, 2.05) is 0 Å². The van der Waals surface area contributed by atoms with Crippen LogP contribution in [0.1, 0.15) is 43.4 Å². The van der Waals surface area contributed by atoms with Crippen LogP contribution < -0.4 is 15.4 Å². The Kier molecular flexibility index (Phi) is 5.03. The van der Waals surface area contributed by atoms with Crippen LogP contribution in [0, 0.1) is 0 Å². The van der Waals surface area contributed by atoms with Gasteiger partial charge in [-0.15, -0.1) is 0 Å². The highest BCUT2D eigenvalue weighted by Crippen LogP contribution is 2.43. The smallest absolute Gasteiger partial charge is 0.416 e. The van der Waals surface area contributed by atoms with Gasteiger partial charge in [0.2, 0.25) is 11.8 Å². The standard InChI is InChI=1S/C23H21F3N2O3/c1-22(2)12-13(15-7-6-14(23(24,25)26)11-19(15)31-22)10-21(30)28-18-5-3-4-17-16(18)8-9-20(29)27-17/h3-7,10-11H,8-9,12H2,1-2H3,(H,27,29)(H,28,30)/b13-10+. The van der Waals surface area contributed by atoms with Gasteiger partial charge in [-0.05, 0) is 55.7 Å². The van der Waals surface area contributed by atoms with Crippen molar-refractivity contribution in [3.8, 4) is 5.75 Å². The molecule has 0 atom stereocenters. The Labute approximate surface area is 177 Å². The van der Waals surface area contributed by atoms with Gasteiger partial charge in [-0.1, -0.05) is 12.1 Å². The monoisotopic (exact) mass is 430 g/mol. The van der Waals surface area contributed by atoms with Gasteiger partial charge < -0.3 is 15.4 Å². The molecule has 0 spiro atoms. The third kappa shape index (κ3) is 4.42. The molecule has 8 heteroatoms. The van der Waals surface area contributed by atoms with Gasteiger partial charge in [0, 0.05) is 35.9 Å². The van der Waals surface area contributed by atoms with E-state index in [1.54, 1.807) is 32.0 Å². The number of benzene rings is 2. The van der Waals surface area contributed by atoms with Gasteiger partial charge in [-0.2, -0.15) is 13.2 Å². The van der Waals surface area contributed by atoms with Gasteiger partial charge in [0.05, 0.1) is 5.56 Å². The zero-order chi connectivity index (χ0) is 22.4. The van der Waals surface area contributed by atoms with Crippen molar-refractivity contribution in [1.82, 2.24) is 0 Å². The van der Waals surface area contributed by atoms with Crippen molar-refractivity contribution in [2.24, 2.45) is 0 Å². The van der Waals surface area contributed by atoms with Crippen LogP contribution in [0.4, 0.5) is 24.5 Å². The first kappa shape index (κ1) is 21.0. The second-order valence-corrected chi connectivity index (χ2v) is 8.29. The minimum atomic E-state index is -4.48. The number of alkyl halides is 3. The Balaban J connectivity index is 1.64. The van der Waals surface area contributed by atoms with Gasteiger partial charge in [0.1, 0.15) is 11.4 Å². The summed E-state index contributed by atoms with van der Waals surface area (Å²) in [6, 6.07) is 8.56. The number of carbonyl (C=O) groups excluding carboxylic acids is 2. The molecule has 0 aliphatic carbocycles. The maximum Gasteiger partial charge on any atom is 0.416 e. The molecule has 0 aromatic heterocycles. The van der Waals surface area contributed by atoms with Crippen LogP contribution in [0.5, 0.6) is 5.75 Å². The number of carbonyl (C=O) groups is 2. The number of halogens is 3. The highest BCUT2D eigenvalue weighted by Gasteiger charge is 2.35. The lowest BCUT2D eigenvalue weighted by Crippen LogP contribution is -2.32. The van der Waals surface area contributed by atoms with Crippen LogP contribution in [-0.4, -0.2) is 17.4 Å². The van der Waals surface area contributed by atoms with Crippen molar-refractivity contribution >= 4 is 28.8 Å². The summed E-state index contributed by atoms with van der Waals surface area (Å²) < 4.78 is 45.1. The van der Waals surface area contributed by atoms with E-state index in [-0.39, 0.29) is 11.7 Å². The van der Waals surface area contributed by atoms with Crippen molar-refractivity contribution in [3.05, 3.63) is 59.2 Å². The van der Waals surface area contributed by atoms with Crippen LogP contribution in [-0.2, 0) is 22.2 Å². The largest absolute Gasteiger partial charge is 0.487 e. The lowest BCUT2D eigenvalue weighted by atomic mass is 9.88. The molecule has 0 fully saturated rings. The molecule has 162 valence electrons. The van der Waals surface area contributed by atoms with Crippen molar-refractivity contribution < 1.29 is 27.5 Å². The quantitative estimate of drug-likeness (QED) is 0.646. The van der Waals surface area contributed by atoms with Crippen molar-refractivity contribution in [3.63, 3.8) is 0 Å². The molecular weight excluding hydrogens is 409 g/mol. The van der Waals surface area contributed by atoms with E-state index >= 15 is 0 Å². The molecule has 2 aliphatic rings. The van der Waals surface area contributed by atoms with Gasteiger partial charge in [0.15, 0.2) is 0 Å². The van der Waals surface area contributed by atoms with Gasteiger partial charge >= 0.3 is 6.18 Å². The Bertz CT molecular complexity index is 1100. The molecule has 2 amide bonds. The highest BCUT2D eigenvalue weighted by molar-refractivity contribution is 6.06. The predicted molar refractivity (Wildman–Crippen MR) is 111 cm³/mol. The lowest BCUT2D eigenvalue weighted by Gasteiger charge is -2.34. The highest BCUT2D eigenvalue weighted by atomic mass is 19.4. The van der Waals surface area contributed by atoms with Crippen molar-refractivity contribution in [1.29, 1.82) is 0 Å². The minimum Gasteiger partial charge on any atom is -0.487 e. The zero-order valence-electron chi connectivity index (χ0n) is 17.0. The van der Waals surface area contributed by atoms with Crippen molar-refractivity contribution in [2.45, 2.75) is 44.9 Å². The average molecular weight is 430 g/mol. The molecule has 4 rings (SSSR count). The molecule has 0 radical (unpaired) electrons. The van der Waals surface area contributed by atoms with Crippen LogP contribution >= 0.6 is 0 Å². The fourth-order valence-corrected chi connectivity index (χ4v) is 3.93. The summed E-state index contributed by atoms with van der Waals surface area (Å²) in [7, 11) is 0. The van der Waals surface area contributed by atoms with E-state index in [1.165, 1.54) is 12.1 Å². The summed E-state index contributed by atoms with van der Waals surface area (Å²) in [6.07, 6.45) is -1.87. The molecule has 0 unspecified atom stereocenters. The van der Waals surface area contributed by atoms with Crippen LogP contribution in [0.25, 0.3) is 5.57 Å². The van der Waals surface area contributed by atoms with Crippen LogP contribution in [0.3, 0.4) is 0 Å². The number of ether oxygens (including phenoxy) is 1. The fraction of sp³-hybridized carbons (Fsp3) is 0.304. The van der Waals surface area contributed by atoms with E-state index < -0.39 is 23.2 Å². The molecule has 31 heavy (non-hydrogen) atoms. The molecule has 0 saturated heterocycles. The first-order valence-corrected chi connectivity index (χ1v) is 9.86. The number of hydrogen-bond acceptors (Lipinski definition) is 3. The van der Waals surface area contributed by atoms with E-state index in [0.717, 1.165) is 17.7 Å². The topological polar surface area (TPSA) is 67.4 Å². The number of amides is 2. The Morgan fingerprint density at radius 1 is 1.19 bits per heavy atom. The van der Waals surface area contributed by atoms with E-state index in [0.29, 0.717) is 41.8 Å². The van der Waals surface area contributed by atoms with Gasteiger partial charge in [-0.25, -0.2) is 0 Å². The average Bonchev–Trinajstić information content (AvgIpc) is 2.65. The molecule has 2 aromatic carbocycles. The van der Waals surface area contributed by atoms with Gasteiger partial charge in [0.25, 0.3) is 0 Å². The summed E-state index contributed by atoms with van der Waals surface area (Å²) in [5.74, 6) is -0.369. The number of fused-ring (bicyclic) bond motifs is 2. The minimum absolute atomic E-state index is 0.0719. The SMILES string of the molecule is CC1(C)C/C(=C\C(=O)Nc2cccc3c2CCC(=O)N3)c2ccc(C(F)(F)F)cc2O1. The summed E-state index contributed by atoms with van der Waals surface area (Å²) in [6.45, 7) is 3.52. The third-order valence-electron chi connectivity index (χ3n) is 5.27. The van der Waals surface area contributed by atoms with E-state index in [2.05, 4.69) is 10.6 Å². The predicted octanol–water partition coefficient (Wildman–Crippen LogP) is 5.17. The summed E-state index contributed by atoms with van der Waals surface area (Å²) in [4.78, 5) is 24.4. The van der Waals surface area contributed by atoms with Crippen LogP contribution in [0.2, 0.25) is 0 Å². The third-order valence-corrected chi connectivity index (χ3v) is 5.27. The summed E-state index contributed by atoms with van der Waals surface area (Å²) in [5, 5.41) is 5.62. The van der Waals surface area contributed by atoms with E-state index in [4.69, 9.17) is 4.74 Å². The maximum atomic E-state index is 13.1. The molecule has 2 heterocycles. The zero-order valence-corrected chi connectivity index (χ0v) is 17.0. The number of hydrogen-bond donors (Lipinski definition) is 2. The molecule has 2 N–H and O–H groups in total. The number of rotatable bonds is 2. The van der Waals surface area contributed by atoms with Crippen molar-refractivity contribution in [2.75, 3.05) is 10.6 Å². The maximum absolute atomic E-state index is 13.1. The lowest BCUT2D eigenvalue weighted by molar-refractivity contribution is -0.137. The molecule has 0 bridgehead atoms. The summed E-state index contributed by atoms with van der Waals surface area (Å²) >= 11 is 0. The Morgan fingerprint density at radius 2 is 1.97 bits per heavy atom. The summed E-state index contributed by atoms with van der Waals surface area (Å²) in [5.41, 5.74) is 1.60. The van der Waals surface area contributed by atoms with Crippen LogP contribution in [0.15, 0.2) is 42.5 Å². The second-order valence-electron chi connectivity index (χ2n) is 8.29. The Morgan fingerprint density at radius 3 is 2.71 bits per heavy atom. The first-order valence-electron chi connectivity index (χ1n) is 9.86. The molecule has 2 aliphatic heterocycles. The fourth-order valence-electron chi connectivity index (χ4n) is 3.93. The normalized spacial score (nSPS) is 18.5.